The molecule has 1 aliphatic heterocycles. The van der Waals surface area contributed by atoms with Crippen molar-refractivity contribution in [2.75, 3.05) is 6.54 Å². The minimum Gasteiger partial charge on any atom is -0.295 e. The summed E-state index contributed by atoms with van der Waals surface area (Å²) in [6, 6.07) is 6.49. The molecule has 6 rings (SSSR count). The Balaban J connectivity index is 1.40. The van der Waals surface area contributed by atoms with Crippen LogP contribution in [-0.4, -0.2) is 17.5 Å². The monoisotopic (exact) mass is 271 g/mol. The highest BCUT2D eigenvalue weighted by atomic mass is 19.1. The number of hydrogen-bond acceptors (Lipinski definition) is 1. The van der Waals surface area contributed by atoms with E-state index in [1.807, 2.05) is 19.1 Å². The van der Waals surface area contributed by atoms with Crippen LogP contribution in [0.3, 0.4) is 0 Å². The van der Waals surface area contributed by atoms with E-state index in [1.165, 1.54) is 32.2 Å². The van der Waals surface area contributed by atoms with Crippen LogP contribution in [0.15, 0.2) is 18.2 Å². The van der Waals surface area contributed by atoms with E-state index < -0.39 is 0 Å². The van der Waals surface area contributed by atoms with E-state index in [9.17, 15) is 4.39 Å². The van der Waals surface area contributed by atoms with E-state index in [-0.39, 0.29) is 5.82 Å². The molecule has 1 heterocycles. The third kappa shape index (κ3) is 1.36. The van der Waals surface area contributed by atoms with Gasteiger partial charge in [-0.3, -0.25) is 4.90 Å². The minimum absolute atomic E-state index is 0.0154. The first-order chi connectivity index (χ1) is 9.64. The maximum absolute atomic E-state index is 14.1. The Morgan fingerprint density at radius 2 is 2.20 bits per heavy atom. The molecule has 5 atom stereocenters. The number of rotatable bonds is 2. The molecule has 20 heavy (non-hydrogen) atoms. The fraction of sp³-hybridized carbons (Fsp3) is 0.667. The molecule has 0 N–H and O–H groups in total. The van der Waals surface area contributed by atoms with Crippen LogP contribution < -0.4 is 0 Å². The van der Waals surface area contributed by atoms with Crippen molar-refractivity contribution in [2.45, 2.75) is 45.2 Å². The highest BCUT2D eigenvalue weighted by Crippen LogP contribution is 2.69. The van der Waals surface area contributed by atoms with Gasteiger partial charge in [-0.2, -0.15) is 0 Å². The van der Waals surface area contributed by atoms with Gasteiger partial charge in [-0.25, -0.2) is 4.39 Å². The van der Waals surface area contributed by atoms with Gasteiger partial charge in [0.1, 0.15) is 5.82 Å². The molecule has 2 heteroatoms. The van der Waals surface area contributed by atoms with Gasteiger partial charge in [0.25, 0.3) is 0 Å². The fourth-order valence-electron chi connectivity index (χ4n) is 6.37. The van der Waals surface area contributed by atoms with Crippen molar-refractivity contribution in [1.29, 1.82) is 0 Å². The Bertz CT molecular complexity index is 579. The first kappa shape index (κ1) is 11.7. The van der Waals surface area contributed by atoms with Gasteiger partial charge in [0.2, 0.25) is 0 Å². The van der Waals surface area contributed by atoms with Crippen molar-refractivity contribution in [2.24, 2.45) is 23.2 Å². The van der Waals surface area contributed by atoms with Gasteiger partial charge < -0.3 is 0 Å². The van der Waals surface area contributed by atoms with E-state index in [2.05, 4.69) is 4.90 Å². The maximum atomic E-state index is 14.1. The lowest BCUT2D eigenvalue weighted by Gasteiger charge is -2.60. The second kappa shape index (κ2) is 3.65. The minimum atomic E-state index is -0.0154. The average molecular weight is 271 g/mol. The lowest BCUT2D eigenvalue weighted by atomic mass is 9.61. The van der Waals surface area contributed by atoms with Crippen molar-refractivity contribution in [3.05, 3.63) is 35.1 Å². The summed E-state index contributed by atoms with van der Waals surface area (Å²) in [5.41, 5.74) is 2.56. The molecule has 1 aromatic rings. The zero-order valence-corrected chi connectivity index (χ0v) is 12.1. The van der Waals surface area contributed by atoms with Crippen molar-refractivity contribution < 1.29 is 4.39 Å². The quantitative estimate of drug-likeness (QED) is 0.791. The van der Waals surface area contributed by atoms with Crippen LogP contribution in [0, 0.1) is 35.9 Å². The number of halogens is 1. The van der Waals surface area contributed by atoms with Gasteiger partial charge >= 0.3 is 0 Å². The van der Waals surface area contributed by atoms with Gasteiger partial charge in [-0.1, -0.05) is 12.1 Å². The van der Waals surface area contributed by atoms with E-state index in [4.69, 9.17) is 0 Å². The van der Waals surface area contributed by atoms with Gasteiger partial charge in [-0.05, 0) is 67.4 Å². The fourth-order valence-corrected chi connectivity index (χ4v) is 6.37. The molecule has 0 amide bonds. The molecule has 106 valence electrons. The predicted molar refractivity (Wildman–Crippen MR) is 76.7 cm³/mol. The molecule has 5 aliphatic rings. The van der Waals surface area contributed by atoms with Crippen LogP contribution >= 0.6 is 0 Å². The molecule has 3 unspecified atom stereocenters. The third-order valence-corrected chi connectivity index (χ3v) is 6.74. The molecule has 1 nitrogen and oxygen atoms in total. The highest BCUT2D eigenvalue weighted by Gasteiger charge is 2.68. The molecule has 4 aliphatic carbocycles. The summed E-state index contributed by atoms with van der Waals surface area (Å²) in [5.74, 6) is 2.97. The summed E-state index contributed by atoms with van der Waals surface area (Å²) in [7, 11) is 0. The molecule has 0 aromatic heterocycles. The predicted octanol–water partition coefficient (Wildman–Crippen LogP) is 3.75. The van der Waals surface area contributed by atoms with Crippen LogP contribution in [0.5, 0.6) is 0 Å². The average Bonchev–Trinajstić information content (AvgIpc) is 2.74. The Kier molecular flexibility index (Phi) is 2.14. The second-order valence-corrected chi connectivity index (χ2v) is 7.98. The molecular weight excluding hydrogens is 249 g/mol. The Hall–Kier alpha value is -0.890. The van der Waals surface area contributed by atoms with Crippen LogP contribution in [-0.2, 0) is 6.54 Å². The van der Waals surface area contributed by atoms with E-state index in [0.29, 0.717) is 5.41 Å². The second-order valence-electron chi connectivity index (χ2n) is 7.98. The van der Waals surface area contributed by atoms with Gasteiger partial charge in [0, 0.05) is 24.7 Å². The number of likely N-dealkylation sites (tertiary alicyclic amines) is 1. The molecular formula is C18H22FN. The maximum Gasteiger partial charge on any atom is 0.127 e. The van der Waals surface area contributed by atoms with Crippen molar-refractivity contribution in [1.82, 2.24) is 4.90 Å². The largest absolute Gasteiger partial charge is 0.295 e. The van der Waals surface area contributed by atoms with Crippen LogP contribution in [0.2, 0.25) is 0 Å². The Morgan fingerprint density at radius 3 is 3.00 bits per heavy atom. The number of aryl methyl sites for hydroxylation is 1. The number of benzene rings is 1. The number of nitrogens with zero attached hydrogens (tertiary/aromatic N) is 1. The molecule has 1 aromatic carbocycles. The zero-order chi connectivity index (χ0) is 13.5. The molecule has 5 fully saturated rings. The summed E-state index contributed by atoms with van der Waals surface area (Å²) in [5, 5.41) is 0. The lowest BCUT2D eigenvalue weighted by Crippen LogP contribution is -2.65. The molecule has 4 bridgehead atoms. The summed E-state index contributed by atoms with van der Waals surface area (Å²) >= 11 is 0. The van der Waals surface area contributed by atoms with E-state index in [0.717, 1.165) is 41.5 Å². The molecule has 4 saturated carbocycles. The first-order valence-electron chi connectivity index (χ1n) is 8.14. The van der Waals surface area contributed by atoms with Crippen LogP contribution in [0.1, 0.15) is 36.8 Å². The van der Waals surface area contributed by atoms with Gasteiger partial charge in [0.15, 0.2) is 0 Å². The Morgan fingerprint density at radius 1 is 1.30 bits per heavy atom. The lowest BCUT2D eigenvalue weighted by molar-refractivity contribution is -0.111. The van der Waals surface area contributed by atoms with Crippen molar-refractivity contribution in [3.8, 4) is 0 Å². The first-order valence-corrected chi connectivity index (χ1v) is 8.14. The molecule has 1 spiro atoms. The summed E-state index contributed by atoms with van der Waals surface area (Å²) in [4.78, 5) is 2.58. The van der Waals surface area contributed by atoms with Crippen LogP contribution in [0.25, 0.3) is 0 Å². The molecule has 1 saturated heterocycles. The van der Waals surface area contributed by atoms with Crippen LogP contribution in [0.4, 0.5) is 4.39 Å². The SMILES string of the molecule is Cc1ccc(CN2C[C@@]34CC5CC(C3)C(C5)[C@@H]24)c(F)c1. The highest BCUT2D eigenvalue weighted by molar-refractivity contribution is 5.26. The molecule has 0 radical (unpaired) electrons. The summed E-state index contributed by atoms with van der Waals surface area (Å²) in [6.45, 7) is 4.01. The summed E-state index contributed by atoms with van der Waals surface area (Å²) in [6.07, 6.45) is 5.91. The van der Waals surface area contributed by atoms with Crippen molar-refractivity contribution in [3.63, 3.8) is 0 Å². The zero-order valence-electron chi connectivity index (χ0n) is 12.1. The smallest absolute Gasteiger partial charge is 0.127 e. The van der Waals surface area contributed by atoms with Gasteiger partial charge in [0.05, 0.1) is 0 Å². The third-order valence-electron chi connectivity index (χ3n) is 6.74. The van der Waals surface area contributed by atoms with Gasteiger partial charge in [-0.15, -0.1) is 0 Å². The van der Waals surface area contributed by atoms with Crippen molar-refractivity contribution >= 4 is 0 Å². The standard InChI is InChI=1S/C18H22FN/c1-11-2-3-13(16(19)4-11)9-20-10-18-7-12-5-14(8-18)15(6-12)17(18)20/h2-4,12,14-15,17H,5-10H2,1H3/t12?,14?,15?,17-,18-/m1/s1. The normalized spacial score (nSPS) is 44.7. The number of hydrogen-bond donors (Lipinski definition) is 0. The Labute approximate surface area is 120 Å². The topological polar surface area (TPSA) is 3.24 Å². The summed E-state index contributed by atoms with van der Waals surface area (Å²) < 4.78 is 14.1. The van der Waals surface area contributed by atoms with E-state index in [1.54, 1.807) is 6.07 Å². The van der Waals surface area contributed by atoms with E-state index >= 15 is 0 Å².